The zero-order valence-electron chi connectivity index (χ0n) is 13.7. The van der Waals surface area contributed by atoms with Crippen molar-refractivity contribution >= 4 is 5.91 Å². The minimum atomic E-state index is -0.110. The van der Waals surface area contributed by atoms with Crippen LogP contribution in [0.15, 0.2) is 59.4 Å². The van der Waals surface area contributed by atoms with Gasteiger partial charge in [0.15, 0.2) is 0 Å². The lowest BCUT2D eigenvalue weighted by molar-refractivity contribution is -0.140. The van der Waals surface area contributed by atoms with E-state index in [0.717, 1.165) is 24.9 Å². The third-order valence-electron chi connectivity index (χ3n) is 4.46. The molecule has 0 radical (unpaired) electrons. The number of hydrogen-bond donors (Lipinski definition) is 0. The Kier molecular flexibility index (Phi) is 4.24. The van der Waals surface area contributed by atoms with Crippen LogP contribution in [0.25, 0.3) is 11.4 Å². The number of pyridine rings is 1. The molecule has 1 saturated heterocycles. The maximum Gasteiger partial charge on any atom is 0.249 e. The highest BCUT2D eigenvalue weighted by Crippen LogP contribution is 2.33. The highest BCUT2D eigenvalue weighted by atomic mass is 16.5. The van der Waals surface area contributed by atoms with Gasteiger partial charge in [-0.15, -0.1) is 0 Å². The lowest BCUT2D eigenvalue weighted by atomic mass is 10.0. The largest absolute Gasteiger partial charge is 0.337 e. The van der Waals surface area contributed by atoms with Crippen LogP contribution in [0.4, 0.5) is 0 Å². The lowest BCUT2D eigenvalue weighted by Crippen LogP contribution is -2.45. The molecule has 126 valence electrons. The summed E-state index contributed by atoms with van der Waals surface area (Å²) in [6.07, 6.45) is 5.48. The molecule has 1 aliphatic rings. The third kappa shape index (κ3) is 3.28. The smallest absolute Gasteiger partial charge is 0.249 e. The second-order valence-corrected chi connectivity index (χ2v) is 6.08. The van der Waals surface area contributed by atoms with Crippen LogP contribution in [0, 0.1) is 0 Å². The molecule has 1 atom stereocenters. The SMILES string of the molecule is O=C(CCc1ccccc1)N1CCC1c1nc(-c2cccnc2)no1. The van der Waals surface area contributed by atoms with E-state index in [2.05, 4.69) is 15.1 Å². The first kappa shape index (κ1) is 15.5. The molecule has 1 aliphatic heterocycles. The Bertz CT molecular complexity index is 848. The summed E-state index contributed by atoms with van der Waals surface area (Å²) >= 11 is 0. The van der Waals surface area contributed by atoms with Crippen LogP contribution in [-0.4, -0.2) is 32.5 Å². The van der Waals surface area contributed by atoms with E-state index < -0.39 is 0 Å². The van der Waals surface area contributed by atoms with Gasteiger partial charge in [-0.3, -0.25) is 9.78 Å². The molecule has 1 aromatic carbocycles. The van der Waals surface area contributed by atoms with Crippen LogP contribution >= 0.6 is 0 Å². The Hall–Kier alpha value is -3.02. The normalized spacial score (nSPS) is 16.5. The van der Waals surface area contributed by atoms with Crippen molar-refractivity contribution in [3.63, 3.8) is 0 Å². The molecular formula is C19H18N4O2. The van der Waals surface area contributed by atoms with Crippen LogP contribution in [0.1, 0.15) is 30.3 Å². The van der Waals surface area contributed by atoms with E-state index in [1.807, 2.05) is 47.4 Å². The van der Waals surface area contributed by atoms with Gasteiger partial charge >= 0.3 is 0 Å². The van der Waals surface area contributed by atoms with Crippen LogP contribution < -0.4 is 0 Å². The Morgan fingerprint density at radius 1 is 1.20 bits per heavy atom. The number of aryl methyl sites for hydroxylation is 1. The summed E-state index contributed by atoms with van der Waals surface area (Å²) in [5, 5.41) is 4.01. The van der Waals surface area contributed by atoms with E-state index in [0.29, 0.717) is 18.1 Å². The standard InChI is InChI=1S/C19H18N4O2/c24-17(9-8-14-5-2-1-3-6-14)23-12-10-16(23)19-21-18(22-25-19)15-7-4-11-20-13-15/h1-7,11,13,16H,8-10,12H2. The molecule has 1 amide bonds. The highest BCUT2D eigenvalue weighted by Gasteiger charge is 2.37. The summed E-state index contributed by atoms with van der Waals surface area (Å²) in [6, 6.07) is 13.6. The van der Waals surface area contributed by atoms with Crippen molar-refractivity contribution in [3.05, 3.63) is 66.3 Å². The number of amides is 1. The molecule has 1 fully saturated rings. The predicted molar refractivity (Wildman–Crippen MR) is 91.4 cm³/mol. The lowest BCUT2D eigenvalue weighted by Gasteiger charge is -2.38. The molecule has 25 heavy (non-hydrogen) atoms. The molecule has 0 aliphatic carbocycles. The summed E-state index contributed by atoms with van der Waals surface area (Å²) in [7, 11) is 0. The summed E-state index contributed by atoms with van der Waals surface area (Å²) in [6.45, 7) is 0.739. The van der Waals surface area contributed by atoms with Crippen molar-refractivity contribution in [2.24, 2.45) is 0 Å². The van der Waals surface area contributed by atoms with Crippen molar-refractivity contribution in [3.8, 4) is 11.4 Å². The van der Waals surface area contributed by atoms with Crippen molar-refractivity contribution in [2.75, 3.05) is 6.54 Å². The molecular weight excluding hydrogens is 316 g/mol. The van der Waals surface area contributed by atoms with E-state index in [9.17, 15) is 4.79 Å². The van der Waals surface area contributed by atoms with E-state index in [4.69, 9.17) is 4.52 Å². The number of hydrogen-bond acceptors (Lipinski definition) is 5. The summed E-state index contributed by atoms with van der Waals surface area (Å²) in [5.41, 5.74) is 1.98. The van der Waals surface area contributed by atoms with Gasteiger partial charge in [0.25, 0.3) is 0 Å². The number of nitrogens with zero attached hydrogens (tertiary/aromatic N) is 4. The number of rotatable bonds is 5. The van der Waals surface area contributed by atoms with Crippen molar-refractivity contribution < 1.29 is 9.32 Å². The maximum atomic E-state index is 12.5. The van der Waals surface area contributed by atoms with Gasteiger partial charge in [-0.1, -0.05) is 35.5 Å². The van der Waals surface area contributed by atoms with E-state index in [1.54, 1.807) is 12.4 Å². The van der Waals surface area contributed by atoms with Gasteiger partial charge in [-0.05, 0) is 30.5 Å². The first-order chi connectivity index (χ1) is 12.3. The third-order valence-corrected chi connectivity index (χ3v) is 4.46. The monoisotopic (exact) mass is 334 g/mol. The highest BCUT2D eigenvalue weighted by molar-refractivity contribution is 5.77. The molecule has 0 spiro atoms. The first-order valence-corrected chi connectivity index (χ1v) is 8.38. The fraction of sp³-hybridized carbons (Fsp3) is 0.263. The average molecular weight is 334 g/mol. The maximum absolute atomic E-state index is 12.5. The van der Waals surface area contributed by atoms with Crippen LogP contribution in [-0.2, 0) is 11.2 Å². The molecule has 0 bridgehead atoms. The second-order valence-electron chi connectivity index (χ2n) is 6.08. The molecule has 0 saturated carbocycles. The first-order valence-electron chi connectivity index (χ1n) is 8.38. The van der Waals surface area contributed by atoms with Crippen molar-refractivity contribution in [2.45, 2.75) is 25.3 Å². The minimum Gasteiger partial charge on any atom is -0.337 e. The molecule has 0 N–H and O–H groups in total. The van der Waals surface area contributed by atoms with Crippen LogP contribution in [0.2, 0.25) is 0 Å². The van der Waals surface area contributed by atoms with Crippen LogP contribution in [0.5, 0.6) is 0 Å². The Balaban J connectivity index is 1.40. The predicted octanol–water partition coefficient (Wildman–Crippen LogP) is 3.04. The van der Waals surface area contributed by atoms with Crippen molar-refractivity contribution in [1.29, 1.82) is 0 Å². The number of aromatic nitrogens is 3. The molecule has 1 unspecified atom stereocenters. The Morgan fingerprint density at radius 3 is 2.80 bits per heavy atom. The second kappa shape index (κ2) is 6.84. The van der Waals surface area contributed by atoms with Gasteiger partial charge < -0.3 is 9.42 Å². The zero-order valence-corrected chi connectivity index (χ0v) is 13.7. The van der Waals surface area contributed by atoms with Gasteiger partial charge in [0.05, 0.1) is 0 Å². The number of carbonyl (C=O) groups is 1. The van der Waals surface area contributed by atoms with Crippen molar-refractivity contribution in [1.82, 2.24) is 20.0 Å². The van der Waals surface area contributed by atoms with Gasteiger partial charge in [-0.25, -0.2) is 0 Å². The average Bonchev–Trinajstić information content (AvgIpc) is 3.10. The summed E-state index contributed by atoms with van der Waals surface area (Å²) in [4.78, 5) is 22.8. The number of benzene rings is 1. The molecule has 6 heteroatoms. The number of carbonyl (C=O) groups excluding carboxylic acids is 1. The van der Waals surface area contributed by atoms with E-state index >= 15 is 0 Å². The van der Waals surface area contributed by atoms with Gasteiger partial charge in [0.2, 0.25) is 17.6 Å². The molecule has 3 heterocycles. The van der Waals surface area contributed by atoms with Crippen LogP contribution in [0.3, 0.4) is 0 Å². The molecule has 2 aromatic heterocycles. The Labute approximate surface area is 145 Å². The van der Waals surface area contributed by atoms with E-state index in [-0.39, 0.29) is 11.9 Å². The summed E-state index contributed by atoms with van der Waals surface area (Å²) < 4.78 is 5.38. The fourth-order valence-electron chi connectivity index (χ4n) is 2.96. The fourth-order valence-corrected chi connectivity index (χ4v) is 2.96. The van der Waals surface area contributed by atoms with Gasteiger partial charge in [-0.2, -0.15) is 4.98 Å². The van der Waals surface area contributed by atoms with Gasteiger partial charge in [0.1, 0.15) is 6.04 Å². The van der Waals surface area contributed by atoms with E-state index in [1.165, 1.54) is 5.56 Å². The summed E-state index contributed by atoms with van der Waals surface area (Å²) in [5.74, 6) is 1.13. The molecule has 4 rings (SSSR count). The number of likely N-dealkylation sites (tertiary alicyclic amines) is 1. The van der Waals surface area contributed by atoms with Gasteiger partial charge in [0, 0.05) is 30.9 Å². The zero-order chi connectivity index (χ0) is 17.1. The minimum absolute atomic E-state index is 0.110. The Morgan fingerprint density at radius 2 is 2.08 bits per heavy atom. The molecule has 6 nitrogen and oxygen atoms in total. The molecule has 3 aromatic rings. The quantitative estimate of drug-likeness (QED) is 0.717. The topological polar surface area (TPSA) is 72.1 Å².